The molecular formula is C16H23NO4. The van der Waals surface area contributed by atoms with E-state index in [2.05, 4.69) is 19.2 Å². The Morgan fingerprint density at radius 2 is 1.86 bits per heavy atom. The van der Waals surface area contributed by atoms with Gasteiger partial charge in [0.15, 0.2) is 6.61 Å². The molecule has 0 aromatic heterocycles. The van der Waals surface area contributed by atoms with E-state index in [4.69, 9.17) is 9.84 Å². The minimum Gasteiger partial charge on any atom is -0.484 e. The van der Waals surface area contributed by atoms with E-state index in [0.29, 0.717) is 31.1 Å². The van der Waals surface area contributed by atoms with Crippen molar-refractivity contribution >= 4 is 11.9 Å². The molecule has 0 aliphatic carbocycles. The summed E-state index contributed by atoms with van der Waals surface area (Å²) in [5, 5.41) is 11.2. The number of benzene rings is 1. The van der Waals surface area contributed by atoms with E-state index in [-0.39, 0.29) is 18.9 Å². The van der Waals surface area contributed by atoms with Crippen molar-refractivity contribution in [2.75, 3.05) is 13.2 Å². The zero-order valence-corrected chi connectivity index (χ0v) is 12.6. The lowest BCUT2D eigenvalue weighted by Crippen LogP contribution is -2.29. The Morgan fingerprint density at radius 1 is 1.19 bits per heavy atom. The van der Waals surface area contributed by atoms with Gasteiger partial charge in [0.05, 0.1) is 0 Å². The van der Waals surface area contributed by atoms with Gasteiger partial charge in [-0.25, -0.2) is 0 Å². The lowest BCUT2D eigenvalue weighted by atomic mass is 10.0. The van der Waals surface area contributed by atoms with E-state index in [1.54, 1.807) is 0 Å². The van der Waals surface area contributed by atoms with Crippen LogP contribution in [0.4, 0.5) is 0 Å². The molecule has 0 radical (unpaired) electrons. The molecule has 0 aliphatic heterocycles. The molecule has 0 atom stereocenters. The van der Waals surface area contributed by atoms with E-state index in [1.807, 2.05) is 24.3 Å². The lowest BCUT2D eigenvalue weighted by Gasteiger charge is -2.09. The molecule has 1 rings (SSSR count). The fraction of sp³-hybridized carbons (Fsp3) is 0.500. The van der Waals surface area contributed by atoms with Crippen LogP contribution in [0, 0.1) is 0 Å². The molecule has 5 heteroatoms. The van der Waals surface area contributed by atoms with Crippen molar-refractivity contribution in [3.8, 4) is 5.75 Å². The number of unbranched alkanes of at least 4 members (excludes halogenated alkanes) is 1. The van der Waals surface area contributed by atoms with Gasteiger partial charge in [0.2, 0.25) is 0 Å². The fourth-order valence-electron chi connectivity index (χ4n) is 1.78. The number of carbonyl (C=O) groups excluding carboxylic acids is 1. The number of nitrogens with one attached hydrogen (secondary N) is 1. The predicted molar refractivity (Wildman–Crippen MR) is 80.5 cm³/mol. The van der Waals surface area contributed by atoms with Crippen LogP contribution in [0.5, 0.6) is 5.75 Å². The number of hydrogen-bond acceptors (Lipinski definition) is 3. The monoisotopic (exact) mass is 293 g/mol. The minimum atomic E-state index is -0.811. The van der Waals surface area contributed by atoms with Gasteiger partial charge < -0.3 is 15.2 Å². The second-order valence-electron chi connectivity index (χ2n) is 5.21. The Balaban J connectivity index is 2.19. The molecule has 0 heterocycles. The largest absolute Gasteiger partial charge is 0.484 e. The highest BCUT2D eigenvalue weighted by molar-refractivity contribution is 5.77. The van der Waals surface area contributed by atoms with Crippen LogP contribution in [0.1, 0.15) is 44.6 Å². The quantitative estimate of drug-likeness (QED) is 0.686. The Morgan fingerprint density at radius 3 is 2.43 bits per heavy atom. The Kier molecular flexibility index (Phi) is 7.29. The van der Waals surface area contributed by atoms with Gasteiger partial charge in [-0.2, -0.15) is 0 Å². The predicted octanol–water partition coefficient (Wildman–Crippen LogP) is 2.56. The maximum atomic E-state index is 11.5. The van der Waals surface area contributed by atoms with Gasteiger partial charge in [0.25, 0.3) is 5.91 Å². The third-order valence-electron chi connectivity index (χ3n) is 3.06. The van der Waals surface area contributed by atoms with Gasteiger partial charge in [-0.3, -0.25) is 9.59 Å². The van der Waals surface area contributed by atoms with Gasteiger partial charge in [0, 0.05) is 13.0 Å². The molecule has 0 unspecified atom stereocenters. The Hall–Kier alpha value is -2.04. The highest BCUT2D eigenvalue weighted by Gasteiger charge is 2.04. The summed E-state index contributed by atoms with van der Waals surface area (Å²) in [5.74, 6) is 0.126. The van der Waals surface area contributed by atoms with Crippen LogP contribution in [0.15, 0.2) is 24.3 Å². The number of carboxylic acid groups (broad SMARTS) is 1. The van der Waals surface area contributed by atoms with Crippen molar-refractivity contribution in [3.05, 3.63) is 29.8 Å². The van der Waals surface area contributed by atoms with Crippen LogP contribution in [0.3, 0.4) is 0 Å². The first-order chi connectivity index (χ1) is 9.99. The van der Waals surface area contributed by atoms with Gasteiger partial charge in [0.1, 0.15) is 5.75 Å². The van der Waals surface area contributed by atoms with Crippen LogP contribution >= 0.6 is 0 Å². The summed E-state index contributed by atoms with van der Waals surface area (Å²) >= 11 is 0. The maximum absolute atomic E-state index is 11.5. The van der Waals surface area contributed by atoms with Gasteiger partial charge in [-0.1, -0.05) is 26.0 Å². The first-order valence-corrected chi connectivity index (χ1v) is 7.20. The molecular weight excluding hydrogens is 270 g/mol. The molecule has 116 valence electrons. The number of amides is 1. The molecule has 0 aliphatic rings. The molecule has 1 aromatic rings. The topological polar surface area (TPSA) is 75.6 Å². The summed E-state index contributed by atoms with van der Waals surface area (Å²) in [5.41, 5.74) is 1.23. The summed E-state index contributed by atoms with van der Waals surface area (Å²) in [6, 6.07) is 7.69. The van der Waals surface area contributed by atoms with Crippen LogP contribution in [-0.2, 0) is 9.59 Å². The van der Waals surface area contributed by atoms with E-state index in [0.717, 1.165) is 0 Å². The van der Waals surface area contributed by atoms with E-state index in [9.17, 15) is 9.59 Å². The number of carboxylic acids is 1. The standard InChI is InChI=1S/C16H23NO4/c1-12(2)13-6-8-14(9-7-13)21-11-15(18)17-10-4-3-5-16(19)20/h6-9,12H,3-5,10-11H2,1-2H3,(H,17,18)(H,19,20). The molecule has 0 fully saturated rings. The molecule has 0 saturated carbocycles. The maximum Gasteiger partial charge on any atom is 0.303 e. The summed E-state index contributed by atoms with van der Waals surface area (Å²) in [6.07, 6.45) is 1.35. The SMILES string of the molecule is CC(C)c1ccc(OCC(=O)NCCCCC(=O)O)cc1. The molecule has 0 bridgehead atoms. The Labute approximate surface area is 125 Å². The lowest BCUT2D eigenvalue weighted by molar-refractivity contribution is -0.137. The summed E-state index contributed by atoms with van der Waals surface area (Å²) < 4.78 is 5.39. The Bertz CT molecular complexity index is 454. The number of ether oxygens (including phenoxy) is 1. The zero-order chi connectivity index (χ0) is 15.7. The second-order valence-corrected chi connectivity index (χ2v) is 5.21. The average molecular weight is 293 g/mol. The van der Waals surface area contributed by atoms with Gasteiger partial charge >= 0.3 is 5.97 Å². The van der Waals surface area contributed by atoms with E-state index >= 15 is 0 Å². The zero-order valence-electron chi connectivity index (χ0n) is 12.6. The number of hydrogen-bond donors (Lipinski definition) is 2. The third-order valence-corrected chi connectivity index (χ3v) is 3.06. The van der Waals surface area contributed by atoms with Crippen LogP contribution in [-0.4, -0.2) is 30.1 Å². The molecule has 2 N–H and O–H groups in total. The second kappa shape index (κ2) is 9.00. The van der Waals surface area contributed by atoms with Crippen molar-refractivity contribution in [2.24, 2.45) is 0 Å². The van der Waals surface area contributed by atoms with Gasteiger partial charge in [-0.15, -0.1) is 0 Å². The smallest absolute Gasteiger partial charge is 0.303 e. The summed E-state index contributed by atoms with van der Waals surface area (Å²) in [6.45, 7) is 4.68. The molecule has 1 amide bonds. The minimum absolute atomic E-state index is 0.0278. The van der Waals surface area contributed by atoms with Gasteiger partial charge in [-0.05, 0) is 36.5 Å². The molecule has 1 aromatic carbocycles. The number of rotatable bonds is 9. The van der Waals surface area contributed by atoms with Crippen molar-refractivity contribution < 1.29 is 19.4 Å². The number of aliphatic carboxylic acids is 1. The van der Waals surface area contributed by atoms with E-state index < -0.39 is 5.97 Å². The van der Waals surface area contributed by atoms with Crippen molar-refractivity contribution in [1.29, 1.82) is 0 Å². The first-order valence-electron chi connectivity index (χ1n) is 7.20. The van der Waals surface area contributed by atoms with Crippen molar-refractivity contribution in [2.45, 2.75) is 39.0 Å². The fourth-order valence-corrected chi connectivity index (χ4v) is 1.78. The van der Waals surface area contributed by atoms with E-state index in [1.165, 1.54) is 5.56 Å². The summed E-state index contributed by atoms with van der Waals surface area (Å²) in [7, 11) is 0. The van der Waals surface area contributed by atoms with Crippen molar-refractivity contribution in [1.82, 2.24) is 5.32 Å². The summed E-state index contributed by atoms with van der Waals surface area (Å²) in [4.78, 5) is 21.9. The molecule has 0 saturated heterocycles. The third kappa shape index (κ3) is 7.34. The normalized spacial score (nSPS) is 10.4. The molecule has 21 heavy (non-hydrogen) atoms. The van der Waals surface area contributed by atoms with Crippen molar-refractivity contribution in [3.63, 3.8) is 0 Å². The van der Waals surface area contributed by atoms with Crippen LogP contribution < -0.4 is 10.1 Å². The van der Waals surface area contributed by atoms with Crippen LogP contribution in [0.25, 0.3) is 0 Å². The number of carbonyl (C=O) groups is 2. The molecule has 0 spiro atoms. The first kappa shape index (κ1) is 17.0. The molecule has 5 nitrogen and oxygen atoms in total. The average Bonchev–Trinajstić information content (AvgIpc) is 2.44. The van der Waals surface area contributed by atoms with Crippen LogP contribution in [0.2, 0.25) is 0 Å². The highest BCUT2D eigenvalue weighted by Crippen LogP contribution is 2.18. The highest BCUT2D eigenvalue weighted by atomic mass is 16.5.